The van der Waals surface area contributed by atoms with Gasteiger partial charge in [0.1, 0.15) is 0 Å². The second-order valence-electron chi connectivity index (χ2n) is 4.16. The van der Waals surface area contributed by atoms with Crippen molar-refractivity contribution in [3.05, 3.63) is 35.9 Å². The maximum Gasteiger partial charge on any atom is 0.329 e. The molecule has 1 unspecified atom stereocenters. The molecule has 1 aliphatic heterocycles. The minimum atomic E-state index is -0.412. The summed E-state index contributed by atoms with van der Waals surface area (Å²) in [5, 5.41) is 6.76. The number of nitrogens with two attached hydrogens (primary N) is 1. The van der Waals surface area contributed by atoms with Crippen molar-refractivity contribution < 1.29 is 4.79 Å². The summed E-state index contributed by atoms with van der Waals surface area (Å²) in [6, 6.07) is 9.44. The van der Waals surface area contributed by atoms with E-state index in [9.17, 15) is 4.79 Å². The van der Waals surface area contributed by atoms with Crippen LogP contribution in [-0.4, -0.2) is 35.8 Å². The van der Waals surface area contributed by atoms with Gasteiger partial charge in [0.2, 0.25) is 0 Å². The Bertz CT molecular complexity index is 375. The zero-order valence-electron chi connectivity index (χ0n) is 9.97. The highest BCUT2D eigenvalue weighted by atomic mass is 16.2. The molecule has 1 aliphatic rings. The van der Waals surface area contributed by atoms with Gasteiger partial charge in [0.25, 0.3) is 0 Å². The maximum atomic E-state index is 11.6. The normalized spacial score (nSPS) is 17.9. The number of carbonyl (C=O) groups excluding carboxylic acids is 1. The lowest BCUT2D eigenvalue weighted by atomic mass is 10.1. The number of hydrogen-bond donors (Lipinski definition) is 2. The van der Waals surface area contributed by atoms with E-state index in [2.05, 4.69) is 5.32 Å². The summed E-state index contributed by atoms with van der Waals surface area (Å²) in [5.41, 5.74) is 6.55. The molecule has 0 aromatic heterocycles. The van der Waals surface area contributed by atoms with E-state index in [1.54, 1.807) is 5.01 Å². The van der Waals surface area contributed by atoms with Crippen LogP contribution >= 0.6 is 0 Å². The van der Waals surface area contributed by atoms with E-state index in [1.807, 2.05) is 42.3 Å². The van der Waals surface area contributed by atoms with Gasteiger partial charge in [-0.1, -0.05) is 30.3 Å². The third-order valence-electron chi connectivity index (χ3n) is 3.02. The van der Waals surface area contributed by atoms with Gasteiger partial charge in [-0.15, -0.1) is 0 Å². The van der Waals surface area contributed by atoms with Gasteiger partial charge in [0, 0.05) is 13.1 Å². The molecule has 0 aliphatic carbocycles. The number of urea groups is 1. The molecule has 1 fully saturated rings. The van der Waals surface area contributed by atoms with Gasteiger partial charge in [-0.05, 0) is 12.5 Å². The van der Waals surface area contributed by atoms with E-state index >= 15 is 0 Å². The van der Waals surface area contributed by atoms with E-state index in [-0.39, 0.29) is 6.04 Å². The molecular formula is C12H18N4O. The van der Waals surface area contributed by atoms with Crippen molar-refractivity contribution in [2.45, 2.75) is 13.0 Å². The zero-order valence-corrected chi connectivity index (χ0v) is 9.97. The van der Waals surface area contributed by atoms with Crippen LogP contribution in [0.3, 0.4) is 0 Å². The highest BCUT2D eigenvalue weighted by molar-refractivity contribution is 5.72. The minimum absolute atomic E-state index is 0.0476. The Kier molecular flexibility index (Phi) is 3.61. The predicted molar refractivity (Wildman–Crippen MR) is 65.9 cm³/mol. The zero-order chi connectivity index (χ0) is 12.3. The lowest BCUT2D eigenvalue weighted by Gasteiger charge is -2.34. The monoisotopic (exact) mass is 234 g/mol. The average Bonchev–Trinajstić information content (AvgIpc) is 2.83. The fraction of sp³-hybridized carbons (Fsp3) is 0.417. The molecule has 1 saturated heterocycles. The number of nitrogens with one attached hydrogen (secondary N) is 1. The highest BCUT2D eigenvalue weighted by Gasteiger charge is 2.27. The molecule has 0 saturated carbocycles. The number of hydrogen-bond acceptors (Lipinski definition) is 3. The Morgan fingerprint density at radius 1 is 1.47 bits per heavy atom. The second kappa shape index (κ2) is 5.16. The number of amides is 2. The molecule has 17 heavy (non-hydrogen) atoms. The quantitative estimate of drug-likeness (QED) is 0.817. The molecule has 92 valence electrons. The summed E-state index contributed by atoms with van der Waals surface area (Å²) in [7, 11) is 0. The van der Waals surface area contributed by atoms with Crippen LogP contribution in [0.5, 0.6) is 0 Å². The largest absolute Gasteiger partial charge is 0.350 e. The number of benzene rings is 1. The van der Waals surface area contributed by atoms with Gasteiger partial charge >= 0.3 is 6.03 Å². The van der Waals surface area contributed by atoms with Crippen LogP contribution in [0.15, 0.2) is 30.3 Å². The number of nitrogens with zero attached hydrogens (tertiary/aromatic N) is 2. The average molecular weight is 234 g/mol. The maximum absolute atomic E-state index is 11.6. The Labute approximate surface area is 101 Å². The van der Waals surface area contributed by atoms with Gasteiger partial charge < -0.3 is 11.1 Å². The van der Waals surface area contributed by atoms with Crippen molar-refractivity contribution in [1.82, 2.24) is 15.3 Å². The summed E-state index contributed by atoms with van der Waals surface area (Å²) in [6.45, 7) is 4.34. The van der Waals surface area contributed by atoms with E-state index < -0.39 is 6.03 Å². The minimum Gasteiger partial charge on any atom is -0.350 e. The van der Waals surface area contributed by atoms with Gasteiger partial charge in [0.15, 0.2) is 0 Å². The fourth-order valence-electron chi connectivity index (χ4n) is 2.13. The molecule has 2 rings (SSSR count). The van der Waals surface area contributed by atoms with Crippen molar-refractivity contribution in [1.29, 1.82) is 0 Å². The molecule has 1 aromatic carbocycles. The highest BCUT2D eigenvalue weighted by Crippen LogP contribution is 2.21. The molecular weight excluding hydrogens is 216 g/mol. The number of primary amides is 1. The number of hydrazine groups is 1. The van der Waals surface area contributed by atoms with Crippen LogP contribution in [-0.2, 0) is 0 Å². The summed E-state index contributed by atoms with van der Waals surface area (Å²) in [6.07, 6.45) is 0. The second-order valence-corrected chi connectivity index (χ2v) is 4.16. The predicted octanol–water partition coefficient (Wildman–Crippen LogP) is 0.906. The molecule has 0 spiro atoms. The first-order chi connectivity index (χ1) is 8.20. The SMILES string of the molecule is CC(c1ccccc1)N(C(N)=O)N1CCNC1. The third kappa shape index (κ3) is 2.57. The van der Waals surface area contributed by atoms with Crippen LogP contribution in [0.25, 0.3) is 0 Å². The van der Waals surface area contributed by atoms with Crippen LogP contribution in [0, 0.1) is 0 Å². The summed E-state index contributed by atoms with van der Waals surface area (Å²) in [5.74, 6) is 0. The Morgan fingerprint density at radius 2 is 2.18 bits per heavy atom. The molecule has 3 N–H and O–H groups in total. The van der Waals surface area contributed by atoms with Gasteiger partial charge in [-0.25, -0.2) is 14.8 Å². The lowest BCUT2D eigenvalue weighted by molar-refractivity contribution is 0.00779. The fourth-order valence-corrected chi connectivity index (χ4v) is 2.13. The number of carbonyl (C=O) groups is 1. The van der Waals surface area contributed by atoms with Crippen molar-refractivity contribution in [2.24, 2.45) is 5.73 Å². The summed E-state index contributed by atoms with van der Waals surface area (Å²) in [4.78, 5) is 11.6. The van der Waals surface area contributed by atoms with Gasteiger partial charge in [-0.2, -0.15) is 0 Å². The molecule has 5 heteroatoms. The van der Waals surface area contributed by atoms with Gasteiger partial charge in [-0.3, -0.25) is 0 Å². The van der Waals surface area contributed by atoms with Crippen molar-refractivity contribution in [2.75, 3.05) is 19.8 Å². The smallest absolute Gasteiger partial charge is 0.329 e. The molecule has 1 heterocycles. The van der Waals surface area contributed by atoms with Crippen molar-refractivity contribution in [3.8, 4) is 0 Å². The van der Waals surface area contributed by atoms with Gasteiger partial charge in [0.05, 0.1) is 12.7 Å². The molecule has 0 bridgehead atoms. The molecule has 1 atom stereocenters. The Hall–Kier alpha value is -1.59. The Morgan fingerprint density at radius 3 is 2.71 bits per heavy atom. The molecule has 1 aromatic rings. The van der Waals surface area contributed by atoms with Crippen LogP contribution in [0.2, 0.25) is 0 Å². The van der Waals surface area contributed by atoms with Crippen LogP contribution < -0.4 is 11.1 Å². The Balaban J connectivity index is 2.18. The lowest BCUT2D eigenvalue weighted by Crippen LogP contribution is -2.49. The van der Waals surface area contributed by atoms with E-state index in [4.69, 9.17) is 5.73 Å². The first-order valence-electron chi connectivity index (χ1n) is 5.79. The molecule has 5 nitrogen and oxygen atoms in total. The number of rotatable bonds is 3. The summed E-state index contributed by atoms with van der Waals surface area (Å²) >= 11 is 0. The first kappa shape index (κ1) is 11.9. The molecule has 2 amide bonds. The van der Waals surface area contributed by atoms with E-state index in [0.717, 1.165) is 18.7 Å². The molecule has 0 radical (unpaired) electrons. The topological polar surface area (TPSA) is 61.6 Å². The van der Waals surface area contributed by atoms with E-state index in [1.165, 1.54) is 0 Å². The summed E-state index contributed by atoms with van der Waals surface area (Å²) < 4.78 is 0. The third-order valence-corrected chi connectivity index (χ3v) is 3.02. The van der Waals surface area contributed by atoms with Crippen LogP contribution in [0.4, 0.5) is 4.79 Å². The van der Waals surface area contributed by atoms with Crippen LogP contribution in [0.1, 0.15) is 18.5 Å². The van der Waals surface area contributed by atoms with Crippen molar-refractivity contribution >= 4 is 6.03 Å². The standard InChI is InChI=1S/C12H18N4O/c1-10(11-5-3-2-4-6-11)16(12(13)17)15-8-7-14-9-15/h2-6,10,14H,7-9H2,1H3,(H2,13,17). The first-order valence-corrected chi connectivity index (χ1v) is 5.79. The van der Waals surface area contributed by atoms with E-state index in [0.29, 0.717) is 6.67 Å². The van der Waals surface area contributed by atoms with Crippen molar-refractivity contribution in [3.63, 3.8) is 0 Å².